The molecule has 0 spiro atoms. The van der Waals surface area contributed by atoms with E-state index >= 15 is 0 Å². The summed E-state index contributed by atoms with van der Waals surface area (Å²) in [4.78, 5) is 14.1. The average Bonchev–Trinajstić information content (AvgIpc) is 2.53. The molecule has 4 nitrogen and oxygen atoms in total. The van der Waals surface area contributed by atoms with Crippen molar-refractivity contribution in [3.63, 3.8) is 0 Å². The van der Waals surface area contributed by atoms with E-state index in [1.54, 1.807) is 0 Å². The molecular weight excluding hydrogens is 276 g/mol. The molecule has 1 aliphatic rings. The Morgan fingerprint density at radius 3 is 2.86 bits per heavy atom. The van der Waals surface area contributed by atoms with Crippen LogP contribution in [0, 0.1) is 5.92 Å². The highest BCUT2D eigenvalue weighted by Gasteiger charge is 2.24. The molecule has 1 heterocycles. The SMILES string of the molecule is CC(C)NCC[C@H]1CCCN(C(=O)OCc2ccccc2)C1. The zero-order valence-corrected chi connectivity index (χ0v) is 13.8. The van der Waals surface area contributed by atoms with Crippen molar-refractivity contribution in [1.29, 1.82) is 0 Å². The number of benzene rings is 1. The molecule has 22 heavy (non-hydrogen) atoms. The maximum atomic E-state index is 12.2. The summed E-state index contributed by atoms with van der Waals surface area (Å²) >= 11 is 0. The van der Waals surface area contributed by atoms with E-state index in [2.05, 4.69) is 19.2 Å². The van der Waals surface area contributed by atoms with Gasteiger partial charge in [0.2, 0.25) is 0 Å². The molecule has 1 N–H and O–H groups in total. The number of ether oxygens (including phenoxy) is 1. The first-order valence-electron chi connectivity index (χ1n) is 8.34. The monoisotopic (exact) mass is 304 g/mol. The van der Waals surface area contributed by atoms with Crippen molar-refractivity contribution in [3.05, 3.63) is 35.9 Å². The van der Waals surface area contributed by atoms with Crippen LogP contribution >= 0.6 is 0 Å². The normalized spacial score (nSPS) is 18.5. The highest BCUT2D eigenvalue weighted by molar-refractivity contribution is 5.67. The zero-order valence-electron chi connectivity index (χ0n) is 13.8. The Balaban J connectivity index is 1.72. The Hall–Kier alpha value is -1.55. The molecule has 122 valence electrons. The molecule has 1 atom stereocenters. The van der Waals surface area contributed by atoms with Crippen molar-refractivity contribution in [3.8, 4) is 0 Å². The molecule has 0 aromatic heterocycles. The molecule has 0 bridgehead atoms. The second kappa shape index (κ2) is 8.79. The largest absolute Gasteiger partial charge is 0.445 e. The van der Waals surface area contributed by atoms with Crippen molar-refractivity contribution in [2.24, 2.45) is 5.92 Å². The summed E-state index contributed by atoms with van der Waals surface area (Å²) in [6.07, 6.45) is 3.24. The predicted octanol–water partition coefficient (Wildman–Crippen LogP) is 3.42. The third-order valence-corrected chi connectivity index (χ3v) is 4.09. The van der Waals surface area contributed by atoms with Gasteiger partial charge in [0.15, 0.2) is 0 Å². The summed E-state index contributed by atoms with van der Waals surface area (Å²) in [7, 11) is 0. The van der Waals surface area contributed by atoms with Gasteiger partial charge in [0, 0.05) is 19.1 Å². The highest BCUT2D eigenvalue weighted by atomic mass is 16.6. The van der Waals surface area contributed by atoms with Gasteiger partial charge in [-0.25, -0.2) is 4.79 Å². The highest BCUT2D eigenvalue weighted by Crippen LogP contribution is 2.20. The molecule has 1 aliphatic heterocycles. The fourth-order valence-electron chi connectivity index (χ4n) is 2.85. The van der Waals surface area contributed by atoms with Gasteiger partial charge in [0.05, 0.1) is 0 Å². The lowest BCUT2D eigenvalue weighted by Crippen LogP contribution is -2.41. The predicted molar refractivity (Wildman–Crippen MR) is 88.7 cm³/mol. The molecule has 4 heteroatoms. The van der Waals surface area contributed by atoms with Crippen LogP contribution in [0.15, 0.2) is 30.3 Å². The smallest absolute Gasteiger partial charge is 0.410 e. The maximum Gasteiger partial charge on any atom is 0.410 e. The molecule has 2 rings (SSSR count). The van der Waals surface area contributed by atoms with E-state index in [0.717, 1.165) is 38.0 Å². The molecular formula is C18H28N2O2. The summed E-state index contributed by atoms with van der Waals surface area (Å²) in [6.45, 7) is 7.35. The third kappa shape index (κ3) is 5.68. The molecule has 0 saturated carbocycles. The number of nitrogens with zero attached hydrogens (tertiary/aromatic N) is 1. The first-order valence-corrected chi connectivity index (χ1v) is 8.34. The Morgan fingerprint density at radius 2 is 2.14 bits per heavy atom. The minimum Gasteiger partial charge on any atom is -0.445 e. The summed E-state index contributed by atoms with van der Waals surface area (Å²) in [5.74, 6) is 0.587. The second-order valence-electron chi connectivity index (χ2n) is 6.39. The van der Waals surface area contributed by atoms with Gasteiger partial charge in [-0.2, -0.15) is 0 Å². The number of nitrogens with one attached hydrogen (secondary N) is 1. The fraction of sp³-hybridized carbons (Fsp3) is 0.611. The standard InChI is InChI=1S/C18H28N2O2/c1-15(2)19-11-10-16-9-6-12-20(13-16)18(21)22-14-17-7-4-3-5-8-17/h3-5,7-8,15-16,19H,6,9-14H2,1-2H3/t16-/m1/s1. The van der Waals surface area contributed by atoms with Crippen LogP contribution in [-0.2, 0) is 11.3 Å². The van der Waals surface area contributed by atoms with Gasteiger partial charge < -0.3 is 15.0 Å². The third-order valence-electron chi connectivity index (χ3n) is 4.09. The molecule has 0 aliphatic carbocycles. The summed E-state index contributed by atoms with van der Waals surface area (Å²) in [5, 5.41) is 3.45. The van der Waals surface area contributed by atoms with Crippen LogP contribution in [-0.4, -0.2) is 36.7 Å². The lowest BCUT2D eigenvalue weighted by Gasteiger charge is -2.32. The van der Waals surface area contributed by atoms with Crippen molar-refractivity contribution in [2.45, 2.75) is 45.8 Å². The molecule has 1 saturated heterocycles. The van der Waals surface area contributed by atoms with Gasteiger partial charge in [0.1, 0.15) is 6.61 Å². The zero-order chi connectivity index (χ0) is 15.8. The second-order valence-corrected chi connectivity index (χ2v) is 6.39. The first-order chi connectivity index (χ1) is 10.6. The van der Waals surface area contributed by atoms with Crippen molar-refractivity contribution in [2.75, 3.05) is 19.6 Å². The fourth-order valence-corrected chi connectivity index (χ4v) is 2.85. The van der Waals surface area contributed by atoms with Crippen molar-refractivity contribution < 1.29 is 9.53 Å². The van der Waals surface area contributed by atoms with Crippen LogP contribution in [0.2, 0.25) is 0 Å². The van der Waals surface area contributed by atoms with Crippen molar-refractivity contribution in [1.82, 2.24) is 10.2 Å². The van der Waals surface area contributed by atoms with Gasteiger partial charge in [-0.05, 0) is 37.3 Å². The van der Waals surface area contributed by atoms with Gasteiger partial charge in [-0.3, -0.25) is 0 Å². The Bertz CT molecular complexity index is 448. The van der Waals surface area contributed by atoms with E-state index in [4.69, 9.17) is 4.74 Å². The maximum absolute atomic E-state index is 12.2. The Morgan fingerprint density at radius 1 is 1.36 bits per heavy atom. The number of hydrogen-bond acceptors (Lipinski definition) is 3. The van der Waals surface area contributed by atoms with Crippen LogP contribution < -0.4 is 5.32 Å². The Kier molecular flexibility index (Phi) is 6.72. The van der Waals surface area contributed by atoms with Crippen LogP contribution in [0.1, 0.15) is 38.7 Å². The lowest BCUT2D eigenvalue weighted by molar-refractivity contribution is 0.0779. The molecule has 1 fully saturated rings. The van der Waals surface area contributed by atoms with Crippen LogP contribution in [0.5, 0.6) is 0 Å². The molecule has 0 radical (unpaired) electrons. The number of piperidine rings is 1. The van der Waals surface area contributed by atoms with E-state index in [1.807, 2.05) is 35.2 Å². The van der Waals surface area contributed by atoms with Gasteiger partial charge in [0.25, 0.3) is 0 Å². The van der Waals surface area contributed by atoms with E-state index in [-0.39, 0.29) is 6.09 Å². The molecule has 1 aromatic rings. The van der Waals surface area contributed by atoms with Crippen LogP contribution in [0.25, 0.3) is 0 Å². The Labute approximate surface area is 133 Å². The topological polar surface area (TPSA) is 41.6 Å². The van der Waals surface area contributed by atoms with E-state index in [9.17, 15) is 4.79 Å². The average molecular weight is 304 g/mol. The number of amides is 1. The number of likely N-dealkylation sites (tertiary alicyclic amines) is 1. The van der Waals surface area contributed by atoms with Crippen LogP contribution in [0.4, 0.5) is 4.79 Å². The quantitative estimate of drug-likeness (QED) is 0.875. The minimum atomic E-state index is -0.176. The first kappa shape index (κ1) is 16.8. The van der Waals surface area contributed by atoms with E-state index in [1.165, 1.54) is 6.42 Å². The number of hydrogen-bond donors (Lipinski definition) is 1. The molecule has 1 aromatic carbocycles. The number of carbonyl (C=O) groups is 1. The molecule has 0 unspecified atom stereocenters. The summed E-state index contributed by atoms with van der Waals surface area (Å²) in [5.41, 5.74) is 1.03. The van der Waals surface area contributed by atoms with E-state index in [0.29, 0.717) is 18.6 Å². The summed E-state index contributed by atoms with van der Waals surface area (Å²) < 4.78 is 5.43. The van der Waals surface area contributed by atoms with Gasteiger partial charge in [-0.15, -0.1) is 0 Å². The number of rotatable bonds is 6. The summed E-state index contributed by atoms with van der Waals surface area (Å²) in [6, 6.07) is 10.4. The minimum absolute atomic E-state index is 0.176. The van der Waals surface area contributed by atoms with Crippen molar-refractivity contribution >= 4 is 6.09 Å². The lowest BCUT2D eigenvalue weighted by atomic mass is 9.95. The van der Waals surface area contributed by atoms with Gasteiger partial charge in [-0.1, -0.05) is 44.2 Å². The van der Waals surface area contributed by atoms with Crippen LogP contribution in [0.3, 0.4) is 0 Å². The molecule has 1 amide bonds. The van der Waals surface area contributed by atoms with E-state index < -0.39 is 0 Å². The van der Waals surface area contributed by atoms with Gasteiger partial charge >= 0.3 is 6.09 Å². The number of carbonyl (C=O) groups excluding carboxylic acids is 1.